The van der Waals surface area contributed by atoms with Gasteiger partial charge < -0.3 is 9.42 Å². The Morgan fingerprint density at radius 1 is 1.16 bits per heavy atom. The van der Waals surface area contributed by atoms with E-state index in [0.717, 1.165) is 50.1 Å². The molecule has 2 heterocycles. The van der Waals surface area contributed by atoms with Crippen molar-refractivity contribution >= 4 is 5.91 Å². The van der Waals surface area contributed by atoms with E-state index in [4.69, 9.17) is 4.52 Å². The molecule has 1 aromatic carbocycles. The second kappa shape index (κ2) is 7.03. The van der Waals surface area contributed by atoms with Crippen LogP contribution in [0.15, 0.2) is 34.9 Å². The number of amides is 1. The molecule has 25 heavy (non-hydrogen) atoms. The zero-order chi connectivity index (χ0) is 17.2. The first-order valence-electron chi connectivity index (χ1n) is 9.55. The summed E-state index contributed by atoms with van der Waals surface area (Å²) in [4.78, 5) is 14.8. The van der Waals surface area contributed by atoms with Gasteiger partial charge in [0.15, 0.2) is 0 Å². The number of carbonyl (C=O) groups is 1. The number of hydrogen-bond acceptors (Lipinski definition) is 3. The van der Waals surface area contributed by atoms with E-state index in [9.17, 15) is 4.79 Å². The fraction of sp³-hybridized carbons (Fsp3) is 0.524. The minimum atomic E-state index is -0.0733. The molecule has 1 atom stereocenters. The fourth-order valence-electron chi connectivity index (χ4n) is 4.26. The third-order valence-electron chi connectivity index (χ3n) is 5.84. The van der Waals surface area contributed by atoms with Crippen molar-refractivity contribution in [2.45, 2.75) is 57.3 Å². The Kier molecular flexibility index (Phi) is 4.60. The number of aryl methyl sites for hydroxylation is 1. The van der Waals surface area contributed by atoms with Gasteiger partial charge in [-0.15, -0.1) is 0 Å². The van der Waals surface area contributed by atoms with Crippen LogP contribution in [0.2, 0.25) is 0 Å². The molecule has 4 heteroatoms. The molecule has 1 aromatic heterocycles. The first kappa shape index (κ1) is 16.4. The molecule has 132 valence electrons. The monoisotopic (exact) mass is 338 g/mol. The molecule has 1 saturated heterocycles. The smallest absolute Gasteiger partial charge is 0.229 e. The zero-order valence-corrected chi connectivity index (χ0v) is 14.9. The Hall–Kier alpha value is -2.10. The van der Waals surface area contributed by atoms with Crippen LogP contribution in [-0.4, -0.2) is 29.1 Å². The Morgan fingerprint density at radius 3 is 2.64 bits per heavy atom. The first-order valence-corrected chi connectivity index (χ1v) is 9.55. The van der Waals surface area contributed by atoms with E-state index in [-0.39, 0.29) is 11.8 Å². The molecule has 0 N–H and O–H groups in total. The second-order valence-electron chi connectivity index (χ2n) is 7.41. The van der Waals surface area contributed by atoms with Gasteiger partial charge in [0.2, 0.25) is 5.91 Å². The lowest BCUT2D eigenvalue weighted by Gasteiger charge is -2.33. The van der Waals surface area contributed by atoms with Crippen LogP contribution in [0.1, 0.15) is 67.0 Å². The van der Waals surface area contributed by atoms with E-state index < -0.39 is 0 Å². The number of hydrogen-bond donors (Lipinski definition) is 0. The summed E-state index contributed by atoms with van der Waals surface area (Å²) in [7, 11) is 0. The highest BCUT2D eigenvalue weighted by Crippen LogP contribution is 2.35. The number of rotatable bonds is 3. The van der Waals surface area contributed by atoms with Crippen molar-refractivity contribution < 1.29 is 9.32 Å². The number of benzene rings is 1. The van der Waals surface area contributed by atoms with E-state index in [1.807, 2.05) is 42.2 Å². The molecule has 0 radical (unpaired) electrons. The van der Waals surface area contributed by atoms with E-state index in [1.165, 1.54) is 24.1 Å². The molecule has 4 nitrogen and oxygen atoms in total. The van der Waals surface area contributed by atoms with Crippen LogP contribution < -0.4 is 0 Å². The van der Waals surface area contributed by atoms with E-state index in [1.54, 1.807) is 0 Å². The number of piperidine rings is 1. The number of nitrogens with zero attached hydrogens (tertiary/aromatic N) is 2. The van der Waals surface area contributed by atoms with Crippen LogP contribution in [0.5, 0.6) is 0 Å². The molecule has 1 aliphatic heterocycles. The minimum absolute atomic E-state index is 0.0733. The Morgan fingerprint density at radius 2 is 1.88 bits per heavy atom. The number of aromatic nitrogens is 1. The van der Waals surface area contributed by atoms with Crippen molar-refractivity contribution in [3.05, 3.63) is 52.9 Å². The van der Waals surface area contributed by atoms with Gasteiger partial charge in [0.25, 0.3) is 0 Å². The molecular weight excluding hydrogens is 312 g/mol. The number of carbonyl (C=O) groups excluding carboxylic acids is 1. The lowest BCUT2D eigenvalue weighted by Crippen LogP contribution is -2.40. The molecule has 1 amide bonds. The maximum Gasteiger partial charge on any atom is 0.229 e. The van der Waals surface area contributed by atoms with Crippen molar-refractivity contribution in [1.29, 1.82) is 0 Å². The van der Waals surface area contributed by atoms with E-state index in [0.29, 0.717) is 5.92 Å². The van der Waals surface area contributed by atoms with Crippen molar-refractivity contribution in [1.82, 2.24) is 10.1 Å². The highest BCUT2D eigenvalue weighted by Gasteiger charge is 2.31. The van der Waals surface area contributed by atoms with Crippen LogP contribution in [0, 0.1) is 0 Å². The molecule has 2 aromatic rings. The average molecular weight is 338 g/mol. The molecule has 0 spiro atoms. The maximum absolute atomic E-state index is 12.8. The number of fused-ring (bicyclic) bond motifs is 1. The Balaban J connectivity index is 1.40. The van der Waals surface area contributed by atoms with E-state index >= 15 is 0 Å². The third-order valence-corrected chi connectivity index (χ3v) is 5.84. The minimum Gasteiger partial charge on any atom is -0.361 e. The number of likely N-dealkylation sites (tertiary alicyclic amines) is 1. The summed E-state index contributed by atoms with van der Waals surface area (Å²) in [6.07, 6.45) is 6.60. The van der Waals surface area contributed by atoms with Crippen LogP contribution in [0.4, 0.5) is 0 Å². The summed E-state index contributed by atoms with van der Waals surface area (Å²) < 4.78 is 5.72. The van der Waals surface area contributed by atoms with Crippen molar-refractivity contribution in [3.8, 4) is 0 Å². The SMILES string of the molecule is C[C@H](C(=O)N1CCC(c2onc3c2CCCC3)CC1)c1ccccc1. The predicted octanol–water partition coefficient (Wildman–Crippen LogP) is 4.06. The van der Waals surface area contributed by atoms with Gasteiger partial charge in [-0.25, -0.2) is 0 Å². The summed E-state index contributed by atoms with van der Waals surface area (Å²) in [5.74, 6) is 1.70. The Bertz CT molecular complexity index is 730. The highest BCUT2D eigenvalue weighted by atomic mass is 16.5. The van der Waals surface area contributed by atoms with E-state index in [2.05, 4.69) is 5.16 Å². The van der Waals surface area contributed by atoms with Gasteiger partial charge in [0.1, 0.15) is 5.76 Å². The molecule has 0 saturated carbocycles. The standard InChI is InChI=1S/C21H26N2O2/c1-15(16-7-3-2-4-8-16)21(24)23-13-11-17(12-14-23)20-18-9-5-6-10-19(18)22-25-20/h2-4,7-8,15,17H,5-6,9-14H2,1H3/t15-/m0/s1. The molecule has 0 unspecified atom stereocenters. The lowest BCUT2D eigenvalue weighted by atomic mass is 9.87. The summed E-state index contributed by atoms with van der Waals surface area (Å²) in [6, 6.07) is 10.1. The molecule has 0 bridgehead atoms. The molecular formula is C21H26N2O2. The van der Waals surface area contributed by atoms with Crippen LogP contribution in [0.3, 0.4) is 0 Å². The molecule has 1 fully saturated rings. The van der Waals surface area contributed by atoms with Crippen molar-refractivity contribution in [3.63, 3.8) is 0 Å². The fourth-order valence-corrected chi connectivity index (χ4v) is 4.26. The van der Waals surface area contributed by atoms with Crippen LogP contribution >= 0.6 is 0 Å². The summed E-state index contributed by atoms with van der Waals surface area (Å²) >= 11 is 0. The largest absolute Gasteiger partial charge is 0.361 e. The lowest BCUT2D eigenvalue weighted by molar-refractivity contribution is -0.133. The van der Waals surface area contributed by atoms with Crippen LogP contribution in [0.25, 0.3) is 0 Å². The average Bonchev–Trinajstić information content (AvgIpc) is 3.12. The van der Waals surface area contributed by atoms with Gasteiger partial charge in [-0.2, -0.15) is 0 Å². The van der Waals surface area contributed by atoms with Gasteiger partial charge in [-0.3, -0.25) is 4.79 Å². The van der Waals surface area contributed by atoms with Gasteiger partial charge in [-0.1, -0.05) is 35.5 Å². The van der Waals surface area contributed by atoms with Gasteiger partial charge in [-0.05, 0) is 51.0 Å². The van der Waals surface area contributed by atoms with Crippen LogP contribution in [-0.2, 0) is 17.6 Å². The first-order chi connectivity index (χ1) is 12.2. The molecule has 1 aliphatic carbocycles. The highest BCUT2D eigenvalue weighted by molar-refractivity contribution is 5.83. The topological polar surface area (TPSA) is 46.3 Å². The van der Waals surface area contributed by atoms with Crippen molar-refractivity contribution in [2.24, 2.45) is 0 Å². The predicted molar refractivity (Wildman–Crippen MR) is 96.6 cm³/mol. The van der Waals surface area contributed by atoms with Gasteiger partial charge in [0.05, 0.1) is 11.6 Å². The molecule has 2 aliphatic rings. The normalized spacial score (nSPS) is 19.5. The summed E-state index contributed by atoms with van der Waals surface area (Å²) in [6.45, 7) is 3.64. The molecule has 4 rings (SSSR count). The zero-order valence-electron chi connectivity index (χ0n) is 14.9. The van der Waals surface area contributed by atoms with Gasteiger partial charge >= 0.3 is 0 Å². The maximum atomic E-state index is 12.8. The van der Waals surface area contributed by atoms with Gasteiger partial charge in [0, 0.05) is 24.6 Å². The van der Waals surface area contributed by atoms with Crippen molar-refractivity contribution in [2.75, 3.05) is 13.1 Å². The summed E-state index contributed by atoms with van der Waals surface area (Å²) in [5, 5.41) is 4.30. The Labute approximate surface area is 149 Å². The quantitative estimate of drug-likeness (QED) is 0.848. The third kappa shape index (κ3) is 3.22. The second-order valence-corrected chi connectivity index (χ2v) is 7.41. The summed E-state index contributed by atoms with van der Waals surface area (Å²) in [5.41, 5.74) is 3.64.